The van der Waals surface area contributed by atoms with Gasteiger partial charge in [0.15, 0.2) is 0 Å². The molecule has 0 heterocycles. The van der Waals surface area contributed by atoms with E-state index in [1.165, 1.54) is 12.1 Å². The number of rotatable bonds is 3. The van der Waals surface area contributed by atoms with Crippen LogP contribution in [0.15, 0.2) is 18.2 Å². The summed E-state index contributed by atoms with van der Waals surface area (Å²) < 4.78 is 17.9. The first-order valence-electron chi connectivity index (χ1n) is 4.16. The van der Waals surface area contributed by atoms with Crippen molar-refractivity contribution >= 4 is 0 Å². The summed E-state index contributed by atoms with van der Waals surface area (Å²) in [6.07, 6.45) is -0.539. The number of aliphatic hydroxyl groups is 1. The summed E-state index contributed by atoms with van der Waals surface area (Å²) in [5.74, 6) is 0.159. The van der Waals surface area contributed by atoms with E-state index >= 15 is 0 Å². The molecular weight excluding hydrogens is 171 g/mol. The van der Waals surface area contributed by atoms with Crippen LogP contribution in [0.4, 0.5) is 4.39 Å². The Kier molecular flexibility index (Phi) is 3.25. The van der Waals surface area contributed by atoms with Crippen molar-refractivity contribution in [1.82, 2.24) is 0 Å². The maximum atomic E-state index is 12.7. The topological polar surface area (TPSA) is 29.5 Å². The molecule has 0 bridgehead atoms. The standard InChI is InChI=1S/C10H13FO2/c1-7-3-4-9(11)5-10(7)13-6-8(2)12/h3-5,8,12H,6H2,1-2H3. The van der Waals surface area contributed by atoms with Crippen molar-refractivity contribution < 1.29 is 14.2 Å². The van der Waals surface area contributed by atoms with Gasteiger partial charge in [0, 0.05) is 6.07 Å². The van der Waals surface area contributed by atoms with Crippen LogP contribution >= 0.6 is 0 Å². The smallest absolute Gasteiger partial charge is 0.126 e. The Morgan fingerprint density at radius 2 is 2.23 bits per heavy atom. The fourth-order valence-corrected chi connectivity index (χ4v) is 0.940. The first-order valence-corrected chi connectivity index (χ1v) is 4.16. The largest absolute Gasteiger partial charge is 0.491 e. The molecular formula is C10H13FO2. The molecule has 0 spiro atoms. The Morgan fingerprint density at radius 1 is 1.54 bits per heavy atom. The molecule has 0 saturated heterocycles. The van der Waals surface area contributed by atoms with E-state index in [0.717, 1.165) is 5.56 Å². The Hall–Kier alpha value is -1.09. The molecule has 0 aliphatic carbocycles. The monoisotopic (exact) mass is 184 g/mol. The third kappa shape index (κ3) is 3.03. The summed E-state index contributed by atoms with van der Waals surface area (Å²) in [6, 6.07) is 4.34. The van der Waals surface area contributed by atoms with E-state index in [-0.39, 0.29) is 12.4 Å². The highest BCUT2D eigenvalue weighted by Gasteiger charge is 2.02. The van der Waals surface area contributed by atoms with Crippen molar-refractivity contribution in [3.8, 4) is 5.75 Å². The molecule has 72 valence electrons. The minimum absolute atomic E-state index is 0.185. The van der Waals surface area contributed by atoms with Gasteiger partial charge in [0.05, 0.1) is 6.10 Å². The third-order valence-corrected chi connectivity index (χ3v) is 1.63. The number of hydrogen-bond donors (Lipinski definition) is 1. The molecule has 1 aromatic rings. The van der Waals surface area contributed by atoms with Crippen LogP contribution < -0.4 is 4.74 Å². The molecule has 1 rings (SSSR count). The van der Waals surface area contributed by atoms with E-state index in [1.54, 1.807) is 13.0 Å². The van der Waals surface area contributed by atoms with Gasteiger partial charge in [-0.15, -0.1) is 0 Å². The van der Waals surface area contributed by atoms with Crippen molar-refractivity contribution in [3.05, 3.63) is 29.6 Å². The van der Waals surface area contributed by atoms with Crippen LogP contribution in [-0.4, -0.2) is 17.8 Å². The first kappa shape index (κ1) is 9.99. The van der Waals surface area contributed by atoms with Crippen molar-refractivity contribution in [2.45, 2.75) is 20.0 Å². The molecule has 1 unspecified atom stereocenters. The zero-order valence-corrected chi connectivity index (χ0v) is 7.75. The SMILES string of the molecule is Cc1ccc(F)cc1OCC(C)O. The van der Waals surface area contributed by atoms with Crippen molar-refractivity contribution in [2.24, 2.45) is 0 Å². The number of halogens is 1. The van der Waals surface area contributed by atoms with Gasteiger partial charge in [-0.2, -0.15) is 0 Å². The van der Waals surface area contributed by atoms with Gasteiger partial charge in [-0.05, 0) is 25.5 Å². The second-order valence-corrected chi connectivity index (χ2v) is 3.07. The van der Waals surface area contributed by atoms with Crippen LogP contribution in [0, 0.1) is 12.7 Å². The van der Waals surface area contributed by atoms with Gasteiger partial charge >= 0.3 is 0 Å². The quantitative estimate of drug-likeness (QED) is 0.777. The molecule has 0 aliphatic rings. The zero-order valence-electron chi connectivity index (χ0n) is 7.75. The fraction of sp³-hybridized carbons (Fsp3) is 0.400. The van der Waals surface area contributed by atoms with Crippen LogP contribution in [0.1, 0.15) is 12.5 Å². The lowest BCUT2D eigenvalue weighted by atomic mass is 10.2. The van der Waals surface area contributed by atoms with Crippen LogP contribution in [0.25, 0.3) is 0 Å². The van der Waals surface area contributed by atoms with Gasteiger partial charge in [-0.25, -0.2) is 4.39 Å². The van der Waals surface area contributed by atoms with E-state index in [9.17, 15) is 4.39 Å². The van der Waals surface area contributed by atoms with E-state index in [4.69, 9.17) is 9.84 Å². The molecule has 0 fully saturated rings. The molecule has 1 atom stereocenters. The molecule has 0 aromatic heterocycles. The average Bonchev–Trinajstić information content (AvgIpc) is 2.06. The molecule has 1 N–H and O–H groups in total. The Labute approximate surface area is 77.0 Å². The first-order chi connectivity index (χ1) is 6.09. The second-order valence-electron chi connectivity index (χ2n) is 3.07. The minimum Gasteiger partial charge on any atom is -0.491 e. The number of aliphatic hydroxyl groups excluding tert-OH is 1. The van der Waals surface area contributed by atoms with Crippen LogP contribution in [0.3, 0.4) is 0 Å². The maximum Gasteiger partial charge on any atom is 0.126 e. The molecule has 2 nitrogen and oxygen atoms in total. The summed E-state index contributed by atoms with van der Waals surface area (Å²) in [5, 5.41) is 8.96. The van der Waals surface area contributed by atoms with Crippen LogP contribution in [0.5, 0.6) is 5.75 Å². The Bertz CT molecular complexity index is 284. The molecule has 0 aliphatic heterocycles. The van der Waals surface area contributed by atoms with E-state index in [1.807, 2.05) is 6.92 Å². The molecule has 3 heteroatoms. The summed E-state index contributed by atoms with van der Waals surface area (Å²) in [7, 11) is 0. The lowest BCUT2D eigenvalue weighted by Gasteiger charge is -2.10. The van der Waals surface area contributed by atoms with Gasteiger partial charge in [-0.3, -0.25) is 0 Å². The summed E-state index contributed by atoms with van der Waals surface area (Å²) in [6.45, 7) is 3.63. The molecule has 0 radical (unpaired) electrons. The lowest BCUT2D eigenvalue weighted by Crippen LogP contribution is -2.13. The number of ether oxygens (including phenoxy) is 1. The zero-order chi connectivity index (χ0) is 9.84. The van der Waals surface area contributed by atoms with E-state index in [0.29, 0.717) is 5.75 Å². The van der Waals surface area contributed by atoms with Gasteiger partial charge in [0.2, 0.25) is 0 Å². The molecule has 0 saturated carbocycles. The van der Waals surface area contributed by atoms with Crippen LogP contribution in [-0.2, 0) is 0 Å². The highest BCUT2D eigenvalue weighted by Crippen LogP contribution is 2.18. The molecule has 13 heavy (non-hydrogen) atoms. The second kappa shape index (κ2) is 4.23. The summed E-state index contributed by atoms with van der Waals surface area (Å²) in [5.41, 5.74) is 0.863. The van der Waals surface area contributed by atoms with Crippen molar-refractivity contribution in [1.29, 1.82) is 0 Å². The fourth-order valence-electron chi connectivity index (χ4n) is 0.940. The van der Waals surface area contributed by atoms with Gasteiger partial charge in [-0.1, -0.05) is 6.07 Å². The Morgan fingerprint density at radius 3 is 2.85 bits per heavy atom. The molecule has 0 amide bonds. The van der Waals surface area contributed by atoms with E-state index in [2.05, 4.69) is 0 Å². The van der Waals surface area contributed by atoms with Gasteiger partial charge < -0.3 is 9.84 Å². The van der Waals surface area contributed by atoms with Gasteiger partial charge in [0.1, 0.15) is 18.2 Å². The average molecular weight is 184 g/mol. The Balaban J connectivity index is 2.70. The number of benzene rings is 1. The van der Waals surface area contributed by atoms with Crippen LogP contribution in [0.2, 0.25) is 0 Å². The summed E-state index contributed by atoms with van der Waals surface area (Å²) in [4.78, 5) is 0. The number of aryl methyl sites for hydroxylation is 1. The summed E-state index contributed by atoms with van der Waals surface area (Å²) >= 11 is 0. The van der Waals surface area contributed by atoms with E-state index < -0.39 is 6.10 Å². The van der Waals surface area contributed by atoms with Gasteiger partial charge in [0.25, 0.3) is 0 Å². The lowest BCUT2D eigenvalue weighted by molar-refractivity contribution is 0.122. The minimum atomic E-state index is -0.539. The predicted octanol–water partition coefficient (Wildman–Crippen LogP) is 1.89. The third-order valence-electron chi connectivity index (χ3n) is 1.63. The maximum absolute atomic E-state index is 12.7. The normalized spacial score (nSPS) is 12.6. The number of hydrogen-bond acceptors (Lipinski definition) is 2. The van der Waals surface area contributed by atoms with Crippen molar-refractivity contribution in [2.75, 3.05) is 6.61 Å². The van der Waals surface area contributed by atoms with Crippen molar-refractivity contribution in [3.63, 3.8) is 0 Å². The molecule has 1 aromatic carbocycles. The highest BCUT2D eigenvalue weighted by molar-refractivity contribution is 5.32. The highest BCUT2D eigenvalue weighted by atomic mass is 19.1. The predicted molar refractivity (Wildman–Crippen MR) is 48.3 cm³/mol.